The molecule has 4 N–H and O–H groups in total. The van der Waals surface area contributed by atoms with Gasteiger partial charge in [-0.2, -0.15) is 0 Å². The molecule has 0 radical (unpaired) electrons. The third-order valence-corrected chi connectivity index (χ3v) is 7.20. The van der Waals surface area contributed by atoms with E-state index < -0.39 is 41.7 Å². The second-order valence-corrected chi connectivity index (χ2v) is 11.8. The minimum absolute atomic E-state index is 0.0162. The second-order valence-electron chi connectivity index (χ2n) is 11.8. The molecule has 0 unspecified atom stereocenters. The lowest BCUT2D eigenvalue weighted by Crippen LogP contribution is -2.59. The quantitative estimate of drug-likeness (QED) is 0.226. The van der Waals surface area contributed by atoms with Crippen LogP contribution in [-0.4, -0.2) is 65.0 Å². The van der Waals surface area contributed by atoms with Gasteiger partial charge in [0.05, 0.1) is 24.7 Å². The number of alkyl carbamates (subject to hydrolysis) is 1. The van der Waals surface area contributed by atoms with Crippen molar-refractivity contribution in [1.82, 2.24) is 21.1 Å². The number of fused-ring (bicyclic) bond motifs is 3. The number of carboxylic acids is 1. The molecule has 238 valence electrons. The Morgan fingerprint density at radius 2 is 1.47 bits per heavy atom. The lowest BCUT2D eigenvalue weighted by molar-refractivity contribution is -0.137. The van der Waals surface area contributed by atoms with E-state index in [1.165, 1.54) is 0 Å². The Labute approximate surface area is 262 Å². The zero-order chi connectivity index (χ0) is 32.6. The molecule has 4 amide bonds. The minimum Gasteiger partial charge on any atom is -0.481 e. The van der Waals surface area contributed by atoms with Gasteiger partial charge in [-0.3, -0.25) is 15.0 Å². The van der Waals surface area contributed by atoms with Crippen LogP contribution in [0, 0.1) is 0 Å². The monoisotopic (exact) mass is 616 g/mol. The molecule has 11 nitrogen and oxygen atoms in total. The van der Waals surface area contributed by atoms with Gasteiger partial charge in [-0.25, -0.2) is 14.6 Å². The van der Waals surface area contributed by atoms with Crippen molar-refractivity contribution in [1.29, 1.82) is 0 Å². The van der Waals surface area contributed by atoms with Gasteiger partial charge < -0.3 is 25.2 Å². The number of nitrogens with one attached hydrogen (secondary N) is 3. The van der Waals surface area contributed by atoms with Gasteiger partial charge in [0.25, 0.3) is 5.91 Å². The van der Waals surface area contributed by atoms with Crippen molar-refractivity contribution in [2.45, 2.75) is 64.3 Å². The highest BCUT2D eigenvalue weighted by Gasteiger charge is 2.34. The summed E-state index contributed by atoms with van der Waals surface area (Å²) in [5.41, 5.74) is 6.93. The maximum Gasteiger partial charge on any atom is 0.407 e. The van der Waals surface area contributed by atoms with E-state index in [0.29, 0.717) is 5.56 Å². The van der Waals surface area contributed by atoms with Crippen LogP contribution >= 0.6 is 0 Å². The van der Waals surface area contributed by atoms with Gasteiger partial charge >= 0.3 is 18.1 Å². The number of amides is 4. The number of benzene rings is 3. The fourth-order valence-electron chi connectivity index (χ4n) is 5.29. The summed E-state index contributed by atoms with van der Waals surface area (Å²) in [6.45, 7) is 7.01. The molecule has 0 heterocycles. The highest BCUT2D eigenvalue weighted by Crippen LogP contribution is 2.44. The van der Waals surface area contributed by atoms with Gasteiger partial charge in [0.15, 0.2) is 0 Å². The van der Waals surface area contributed by atoms with E-state index in [1.807, 2.05) is 75.4 Å². The Hall–Kier alpha value is -4.90. The number of aliphatic carboxylic acids is 1. The molecule has 0 aliphatic heterocycles. The predicted molar refractivity (Wildman–Crippen MR) is 168 cm³/mol. The summed E-state index contributed by atoms with van der Waals surface area (Å²) in [6.07, 6.45) is -1.93. The first-order chi connectivity index (χ1) is 21.4. The molecule has 3 aromatic carbocycles. The lowest BCUT2D eigenvalue weighted by Gasteiger charge is -2.32. The second kappa shape index (κ2) is 14.7. The summed E-state index contributed by atoms with van der Waals surface area (Å²) in [7, 11) is 0. The third kappa shape index (κ3) is 9.05. The summed E-state index contributed by atoms with van der Waals surface area (Å²) in [6, 6.07) is 22.9. The van der Waals surface area contributed by atoms with Crippen LogP contribution < -0.4 is 16.1 Å². The molecule has 0 bridgehead atoms. The summed E-state index contributed by atoms with van der Waals surface area (Å²) in [4.78, 5) is 50.9. The lowest BCUT2D eigenvalue weighted by atomic mass is 9.98. The highest BCUT2D eigenvalue weighted by molar-refractivity contribution is 5.88. The molecule has 0 aromatic heterocycles. The first-order valence-corrected chi connectivity index (χ1v) is 14.8. The summed E-state index contributed by atoms with van der Waals surface area (Å²) < 4.78 is 11.7. The van der Waals surface area contributed by atoms with Gasteiger partial charge in [0.1, 0.15) is 12.6 Å². The number of carbonyl (C=O) groups excluding carboxylic acids is 3. The van der Waals surface area contributed by atoms with Crippen LogP contribution in [0.25, 0.3) is 11.1 Å². The minimum atomic E-state index is -1.25. The Bertz CT molecular complexity index is 1460. The Balaban J connectivity index is 1.49. The Kier molecular flexibility index (Phi) is 10.8. The number of nitrogens with zero attached hydrogens (tertiary/aromatic N) is 1. The molecular weight excluding hydrogens is 576 g/mol. The SMILES string of the molecule is C[C@@H](OC(C)(C)C)[C@H](NC(=O)OCC1c2ccccc2-c2ccccc21)C(=O)NN(Cc1ccccc1)C(=O)NCCC(=O)O. The number of hydrazine groups is 1. The molecule has 1 aliphatic carbocycles. The van der Waals surface area contributed by atoms with E-state index in [0.717, 1.165) is 27.3 Å². The smallest absolute Gasteiger partial charge is 0.407 e. The molecule has 4 rings (SSSR count). The van der Waals surface area contributed by atoms with Crippen molar-refractivity contribution < 1.29 is 33.8 Å². The van der Waals surface area contributed by atoms with Gasteiger partial charge in [0.2, 0.25) is 0 Å². The van der Waals surface area contributed by atoms with E-state index >= 15 is 0 Å². The third-order valence-electron chi connectivity index (χ3n) is 7.20. The van der Waals surface area contributed by atoms with Gasteiger partial charge in [-0.1, -0.05) is 78.9 Å². The molecule has 3 aromatic rings. The maximum atomic E-state index is 13.7. The van der Waals surface area contributed by atoms with Crippen molar-refractivity contribution >= 4 is 24.0 Å². The Morgan fingerprint density at radius 3 is 2.04 bits per heavy atom. The van der Waals surface area contributed by atoms with Crippen LogP contribution in [0.2, 0.25) is 0 Å². The van der Waals surface area contributed by atoms with E-state index in [2.05, 4.69) is 16.1 Å². The number of hydrogen-bond acceptors (Lipinski definition) is 6. The van der Waals surface area contributed by atoms with Gasteiger partial charge in [0, 0.05) is 12.5 Å². The largest absolute Gasteiger partial charge is 0.481 e. The van der Waals surface area contributed by atoms with Crippen LogP contribution in [0.5, 0.6) is 0 Å². The van der Waals surface area contributed by atoms with Crippen LogP contribution in [0.3, 0.4) is 0 Å². The van der Waals surface area contributed by atoms with E-state index in [9.17, 15) is 19.2 Å². The van der Waals surface area contributed by atoms with Crippen molar-refractivity contribution in [2.24, 2.45) is 0 Å². The first-order valence-electron chi connectivity index (χ1n) is 14.8. The van der Waals surface area contributed by atoms with Crippen LogP contribution in [-0.2, 0) is 25.6 Å². The molecule has 0 spiro atoms. The van der Waals surface area contributed by atoms with Gasteiger partial charge in [-0.05, 0) is 55.5 Å². The molecular formula is C34H40N4O7. The molecule has 11 heteroatoms. The van der Waals surface area contributed by atoms with Crippen molar-refractivity contribution in [3.05, 3.63) is 95.6 Å². The fraction of sp³-hybridized carbons (Fsp3) is 0.353. The fourth-order valence-corrected chi connectivity index (χ4v) is 5.29. The number of hydrogen-bond donors (Lipinski definition) is 4. The Morgan fingerprint density at radius 1 is 0.889 bits per heavy atom. The molecule has 0 saturated carbocycles. The number of carbonyl (C=O) groups is 4. The van der Waals surface area contributed by atoms with E-state index in [-0.39, 0.29) is 32.0 Å². The number of urea groups is 1. The van der Waals surface area contributed by atoms with Crippen molar-refractivity contribution in [2.75, 3.05) is 13.2 Å². The molecule has 45 heavy (non-hydrogen) atoms. The summed E-state index contributed by atoms with van der Waals surface area (Å²) in [5, 5.41) is 15.1. The molecule has 0 fully saturated rings. The first kappa shape index (κ1) is 33.0. The normalized spacial score (nSPS) is 13.5. The highest BCUT2D eigenvalue weighted by atomic mass is 16.6. The zero-order valence-corrected chi connectivity index (χ0v) is 25.9. The number of carboxylic acid groups (broad SMARTS) is 1. The van der Waals surface area contributed by atoms with Crippen molar-refractivity contribution in [3.8, 4) is 11.1 Å². The van der Waals surface area contributed by atoms with E-state index in [1.54, 1.807) is 31.2 Å². The van der Waals surface area contributed by atoms with Crippen molar-refractivity contribution in [3.63, 3.8) is 0 Å². The number of ether oxygens (including phenoxy) is 2. The summed E-state index contributed by atoms with van der Waals surface area (Å²) in [5.74, 6) is -1.96. The van der Waals surface area contributed by atoms with Gasteiger partial charge in [-0.15, -0.1) is 0 Å². The van der Waals surface area contributed by atoms with E-state index in [4.69, 9.17) is 14.6 Å². The zero-order valence-electron chi connectivity index (χ0n) is 25.9. The molecule has 2 atom stereocenters. The molecule has 0 saturated heterocycles. The average molecular weight is 617 g/mol. The topological polar surface area (TPSA) is 146 Å². The van der Waals surface area contributed by atoms with Crippen LogP contribution in [0.15, 0.2) is 78.9 Å². The maximum absolute atomic E-state index is 13.7. The standard InChI is InChI=1S/C34H40N4O7/c1-22(45-34(2,3)4)30(31(41)37-38(20-23-12-6-5-7-13-23)32(42)35-19-18-29(39)40)36-33(43)44-21-28-26-16-10-8-14-24(26)25-15-9-11-17-27(25)28/h5-17,22,28,30H,18-21H2,1-4H3,(H,35,42)(H,36,43)(H,37,41)(H,39,40)/t22-,30+/m1/s1. The van der Waals surface area contributed by atoms with Crippen LogP contribution in [0.4, 0.5) is 9.59 Å². The average Bonchev–Trinajstić information content (AvgIpc) is 3.31. The molecule has 1 aliphatic rings. The predicted octanol–water partition coefficient (Wildman–Crippen LogP) is 4.82. The van der Waals surface area contributed by atoms with Crippen LogP contribution in [0.1, 0.15) is 56.7 Å². The summed E-state index contributed by atoms with van der Waals surface area (Å²) >= 11 is 0. The number of rotatable bonds is 11.